The maximum absolute atomic E-state index is 6.09. The van der Waals surface area contributed by atoms with Crippen LogP contribution >= 0.6 is 11.6 Å². The van der Waals surface area contributed by atoms with Crippen LogP contribution in [0.1, 0.15) is 29.8 Å². The fourth-order valence-corrected chi connectivity index (χ4v) is 2.60. The molecule has 0 fully saturated rings. The first-order valence-electron chi connectivity index (χ1n) is 7.11. The van der Waals surface area contributed by atoms with Gasteiger partial charge in [-0.25, -0.2) is 4.98 Å². The lowest BCUT2D eigenvalue weighted by Crippen LogP contribution is -2.23. The first-order valence-corrected chi connectivity index (χ1v) is 7.49. The lowest BCUT2D eigenvalue weighted by Gasteiger charge is -2.27. The fraction of sp³-hybridized carbons (Fsp3) is 0.353. The molecule has 0 aliphatic carbocycles. The van der Waals surface area contributed by atoms with Gasteiger partial charge in [-0.05, 0) is 56.3 Å². The summed E-state index contributed by atoms with van der Waals surface area (Å²) in [5.74, 6) is 0.979. The van der Waals surface area contributed by atoms with Crippen LogP contribution in [0.25, 0.3) is 0 Å². The number of pyridine rings is 1. The van der Waals surface area contributed by atoms with Crippen molar-refractivity contribution in [3.63, 3.8) is 0 Å². The van der Waals surface area contributed by atoms with Crippen molar-refractivity contribution in [2.75, 3.05) is 19.0 Å². The maximum atomic E-state index is 6.09. The van der Waals surface area contributed by atoms with Crippen molar-refractivity contribution < 1.29 is 0 Å². The smallest absolute Gasteiger partial charge is 0.129 e. The molecule has 0 amide bonds. The molecule has 1 heterocycles. The third kappa shape index (κ3) is 3.96. The van der Waals surface area contributed by atoms with E-state index in [0.717, 1.165) is 23.1 Å². The van der Waals surface area contributed by atoms with E-state index in [1.165, 1.54) is 11.1 Å². The molecule has 0 radical (unpaired) electrons. The van der Waals surface area contributed by atoms with Gasteiger partial charge >= 0.3 is 0 Å². The lowest BCUT2D eigenvalue weighted by atomic mass is 10.1. The van der Waals surface area contributed by atoms with Crippen LogP contribution in [0, 0.1) is 6.92 Å². The molecule has 2 aromatic rings. The zero-order chi connectivity index (χ0) is 15.4. The van der Waals surface area contributed by atoms with Crippen LogP contribution in [0.2, 0.25) is 5.02 Å². The SMILES string of the molecule is CNCc1cc(C)nc(N(C)C(C)c2cccc(Cl)c2)c1. The Morgan fingerprint density at radius 3 is 2.71 bits per heavy atom. The number of hydrogen-bond acceptors (Lipinski definition) is 3. The Bertz CT molecular complexity index is 613. The molecule has 1 unspecified atom stereocenters. The van der Waals surface area contributed by atoms with Gasteiger partial charge in [0.1, 0.15) is 5.82 Å². The zero-order valence-electron chi connectivity index (χ0n) is 13.0. The minimum absolute atomic E-state index is 0.209. The van der Waals surface area contributed by atoms with E-state index in [1.54, 1.807) is 0 Å². The Morgan fingerprint density at radius 2 is 2.05 bits per heavy atom. The van der Waals surface area contributed by atoms with E-state index in [9.17, 15) is 0 Å². The second-order valence-electron chi connectivity index (χ2n) is 5.35. The van der Waals surface area contributed by atoms with E-state index in [2.05, 4.69) is 47.4 Å². The fourth-order valence-electron chi connectivity index (χ4n) is 2.40. The van der Waals surface area contributed by atoms with Crippen molar-refractivity contribution in [2.24, 2.45) is 0 Å². The zero-order valence-corrected chi connectivity index (χ0v) is 13.8. The molecule has 0 spiro atoms. The first kappa shape index (κ1) is 15.8. The predicted octanol–water partition coefficient (Wildman–Crippen LogP) is 3.96. The van der Waals surface area contributed by atoms with Crippen molar-refractivity contribution in [1.82, 2.24) is 10.3 Å². The van der Waals surface area contributed by atoms with Crippen LogP contribution < -0.4 is 10.2 Å². The first-order chi connectivity index (χ1) is 10.0. The van der Waals surface area contributed by atoms with Crippen molar-refractivity contribution in [1.29, 1.82) is 0 Å². The summed E-state index contributed by atoms with van der Waals surface area (Å²) in [7, 11) is 4.02. The van der Waals surface area contributed by atoms with Crippen LogP contribution in [0.15, 0.2) is 36.4 Å². The molecule has 1 aromatic carbocycles. The summed E-state index contributed by atoms with van der Waals surface area (Å²) in [5, 5.41) is 3.95. The maximum Gasteiger partial charge on any atom is 0.129 e. The minimum Gasteiger partial charge on any atom is -0.353 e. The van der Waals surface area contributed by atoms with Crippen LogP contribution in [0.3, 0.4) is 0 Å². The van der Waals surface area contributed by atoms with Gasteiger partial charge in [-0.2, -0.15) is 0 Å². The van der Waals surface area contributed by atoms with Crippen LogP contribution in [0.5, 0.6) is 0 Å². The van der Waals surface area contributed by atoms with E-state index in [4.69, 9.17) is 11.6 Å². The van der Waals surface area contributed by atoms with Gasteiger partial charge in [0, 0.05) is 24.3 Å². The Kier molecular flexibility index (Phi) is 5.21. The molecule has 1 aromatic heterocycles. The predicted molar refractivity (Wildman–Crippen MR) is 90.0 cm³/mol. The molecule has 1 N–H and O–H groups in total. The average molecular weight is 304 g/mol. The third-order valence-electron chi connectivity index (χ3n) is 3.65. The molecular weight excluding hydrogens is 282 g/mol. The Morgan fingerprint density at radius 1 is 1.29 bits per heavy atom. The monoisotopic (exact) mass is 303 g/mol. The number of aromatic nitrogens is 1. The molecule has 21 heavy (non-hydrogen) atoms. The van der Waals surface area contributed by atoms with E-state index >= 15 is 0 Å². The largest absolute Gasteiger partial charge is 0.353 e. The molecule has 0 saturated carbocycles. The van der Waals surface area contributed by atoms with Crippen molar-refractivity contribution >= 4 is 17.4 Å². The summed E-state index contributed by atoms with van der Waals surface area (Å²) < 4.78 is 0. The summed E-state index contributed by atoms with van der Waals surface area (Å²) in [6.07, 6.45) is 0. The summed E-state index contributed by atoms with van der Waals surface area (Å²) in [6, 6.07) is 12.4. The van der Waals surface area contributed by atoms with E-state index in [0.29, 0.717) is 0 Å². The molecule has 0 bridgehead atoms. The molecule has 112 valence electrons. The number of nitrogens with one attached hydrogen (secondary N) is 1. The number of anilines is 1. The summed E-state index contributed by atoms with van der Waals surface area (Å²) in [4.78, 5) is 6.83. The number of nitrogens with zero attached hydrogens (tertiary/aromatic N) is 2. The normalized spacial score (nSPS) is 12.2. The van der Waals surface area contributed by atoms with Gasteiger partial charge < -0.3 is 10.2 Å². The van der Waals surface area contributed by atoms with E-state index in [1.807, 2.05) is 32.2 Å². The molecule has 4 heteroatoms. The molecule has 1 atom stereocenters. The van der Waals surface area contributed by atoms with Gasteiger partial charge in [0.2, 0.25) is 0 Å². The van der Waals surface area contributed by atoms with Gasteiger partial charge in [-0.1, -0.05) is 23.7 Å². The molecule has 0 aliphatic rings. The number of rotatable bonds is 5. The molecule has 2 rings (SSSR count). The van der Waals surface area contributed by atoms with Gasteiger partial charge in [0.25, 0.3) is 0 Å². The van der Waals surface area contributed by atoms with E-state index < -0.39 is 0 Å². The standard InChI is InChI=1S/C17H22ClN3/c1-12-8-14(11-19-3)9-17(20-12)21(4)13(2)15-6-5-7-16(18)10-15/h5-10,13,19H,11H2,1-4H3. The van der Waals surface area contributed by atoms with Gasteiger partial charge in [0.05, 0.1) is 6.04 Å². The molecule has 0 saturated heterocycles. The second-order valence-corrected chi connectivity index (χ2v) is 5.78. The number of benzene rings is 1. The Balaban J connectivity index is 2.28. The van der Waals surface area contributed by atoms with Crippen LogP contribution in [-0.2, 0) is 6.54 Å². The van der Waals surface area contributed by atoms with Gasteiger partial charge in [-0.3, -0.25) is 0 Å². The molecule has 3 nitrogen and oxygen atoms in total. The lowest BCUT2D eigenvalue weighted by molar-refractivity contribution is 0.724. The molecular formula is C17H22ClN3. The van der Waals surface area contributed by atoms with Crippen molar-refractivity contribution in [2.45, 2.75) is 26.4 Å². The highest BCUT2D eigenvalue weighted by molar-refractivity contribution is 6.30. The average Bonchev–Trinajstić information content (AvgIpc) is 2.45. The quantitative estimate of drug-likeness (QED) is 0.906. The van der Waals surface area contributed by atoms with Gasteiger partial charge in [0.15, 0.2) is 0 Å². The van der Waals surface area contributed by atoms with Crippen LogP contribution in [0.4, 0.5) is 5.82 Å². The Labute approximate surface area is 132 Å². The molecule has 0 aliphatic heterocycles. The summed E-state index contributed by atoms with van der Waals surface area (Å²) in [6.45, 7) is 5.03. The van der Waals surface area contributed by atoms with Crippen molar-refractivity contribution in [3.05, 3.63) is 58.2 Å². The summed E-state index contributed by atoms with van der Waals surface area (Å²) in [5.41, 5.74) is 3.46. The van der Waals surface area contributed by atoms with Crippen molar-refractivity contribution in [3.8, 4) is 0 Å². The minimum atomic E-state index is 0.209. The highest BCUT2D eigenvalue weighted by Crippen LogP contribution is 2.26. The number of hydrogen-bond donors (Lipinski definition) is 1. The van der Waals surface area contributed by atoms with Crippen LogP contribution in [-0.4, -0.2) is 19.1 Å². The third-order valence-corrected chi connectivity index (χ3v) is 3.89. The number of halogens is 1. The van der Waals surface area contributed by atoms with Gasteiger partial charge in [-0.15, -0.1) is 0 Å². The second kappa shape index (κ2) is 6.92. The Hall–Kier alpha value is -1.58. The van der Waals surface area contributed by atoms with E-state index in [-0.39, 0.29) is 6.04 Å². The highest BCUT2D eigenvalue weighted by atomic mass is 35.5. The summed E-state index contributed by atoms with van der Waals surface area (Å²) >= 11 is 6.09. The highest BCUT2D eigenvalue weighted by Gasteiger charge is 2.14. The number of aryl methyl sites for hydroxylation is 1. The topological polar surface area (TPSA) is 28.2 Å².